The van der Waals surface area contributed by atoms with Gasteiger partial charge in [0.1, 0.15) is 0 Å². The SMILES string of the molecule is CC(C)S(=O)(=O)C1=CN(CCN(C)C)NC=C1. The molecule has 1 aliphatic heterocycles. The van der Waals surface area contributed by atoms with Gasteiger partial charge in [-0.2, -0.15) is 0 Å². The second-order valence-corrected chi connectivity index (χ2v) is 7.09. The maximum atomic E-state index is 12.0. The van der Waals surface area contributed by atoms with E-state index in [-0.39, 0.29) is 0 Å². The first-order valence-electron chi connectivity index (χ1n) is 5.64. The molecule has 0 spiro atoms. The van der Waals surface area contributed by atoms with Gasteiger partial charge < -0.3 is 10.3 Å². The van der Waals surface area contributed by atoms with Crippen molar-refractivity contribution in [2.45, 2.75) is 19.1 Å². The van der Waals surface area contributed by atoms with Gasteiger partial charge in [-0.15, -0.1) is 0 Å². The van der Waals surface area contributed by atoms with E-state index in [9.17, 15) is 8.42 Å². The molecule has 0 fully saturated rings. The molecule has 5 nitrogen and oxygen atoms in total. The molecule has 0 aromatic carbocycles. The maximum Gasteiger partial charge on any atom is 0.182 e. The highest BCUT2D eigenvalue weighted by atomic mass is 32.2. The molecule has 0 amide bonds. The normalized spacial score (nSPS) is 16.4. The van der Waals surface area contributed by atoms with Crippen molar-refractivity contribution in [3.63, 3.8) is 0 Å². The minimum Gasteiger partial charge on any atom is -0.308 e. The van der Waals surface area contributed by atoms with Gasteiger partial charge in [-0.05, 0) is 34.0 Å². The van der Waals surface area contributed by atoms with E-state index in [0.29, 0.717) is 4.91 Å². The molecule has 0 aromatic heterocycles. The third-order valence-corrected chi connectivity index (χ3v) is 4.65. The minimum absolute atomic E-state index is 0.366. The Bertz CT molecular complexity index is 410. The summed E-state index contributed by atoms with van der Waals surface area (Å²) in [5.74, 6) is 0. The van der Waals surface area contributed by atoms with Crippen LogP contribution in [-0.4, -0.2) is 50.8 Å². The van der Waals surface area contributed by atoms with Gasteiger partial charge in [-0.1, -0.05) is 0 Å². The summed E-state index contributed by atoms with van der Waals surface area (Å²) in [5, 5.41) is 1.39. The Morgan fingerprint density at radius 1 is 1.41 bits per heavy atom. The van der Waals surface area contributed by atoms with Crippen molar-refractivity contribution in [3.05, 3.63) is 23.4 Å². The number of likely N-dealkylation sites (N-methyl/N-ethyl adjacent to an activating group) is 1. The number of hydrogen-bond acceptors (Lipinski definition) is 5. The zero-order valence-electron chi connectivity index (χ0n) is 10.8. The largest absolute Gasteiger partial charge is 0.308 e. The standard InChI is InChI=1S/C11H21N3O2S/c1-10(2)17(15,16)11-5-6-12-14(9-11)8-7-13(3)4/h5-6,9-10,12H,7-8H2,1-4H3. The molecule has 98 valence electrons. The molecule has 0 saturated carbocycles. The lowest BCUT2D eigenvalue weighted by atomic mass is 10.5. The second-order valence-electron chi connectivity index (χ2n) is 4.58. The Labute approximate surface area is 104 Å². The molecular formula is C11H21N3O2S. The Morgan fingerprint density at radius 3 is 2.59 bits per heavy atom. The third-order valence-electron chi connectivity index (χ3n) is 2.51. The molecule has 0 saturated heterocycles. The summed E-state index contributed by atoms with van der Waals surface area (Å²) in [5.41, 5.74) is 3.00. The zero-order chi connectivity index (χ0) is 13.1. The van der Waals surface area contributed by atoms with Gasteiger partial charge >= 0.3 is 0 Å². The monoisotopic (exact) mass is 259 g/mol. The Morgan fingerprint density at radius 2 is 2.06 bits per heavy atom. The Balaban J connectivity index is 2.77. The molecule has 1 N–H and O–H groups in total. The minimum atomic E-state index is -3.19. The fourth-order valence-corrected chi connectivity index (χ4v) is 2.40. The fourth-order valence-electron chi connectivity index (χ4n) is 1.33. The van der Waals surface area contributed by atoms with Gasteiger partial charge in [-0.25, -0.2) is 8.42 Å². The molecule has 0 radical (unpaired) electrons. The number of allylic oxidation sites excluding steroid dienone is 1. The lowest BCUT2D eigenvalue weighted by Crippen LogP contribution is -2.37. The summed E-state index contributed by atoms with van der Waals surface area (Å²) in [6.07, 6.45) is 4.91. The summed E-state index contributed by atoms with van der Waals surface area (Å²) < 4.78 is 24.0. The van der Waals surface area contributed by atoms with E-state index in [2.05, 4.69) is 5.43 Å². The summed E-state index contributed by atoms with van der Waals surface area (Å²) in [7, 11) is 0.770. The molecule has 1 rings (SSSR count). The highest BCUT2D eigenvalue weighted by Gasteiger charge is 2.22. The van der Waals surface area contributed by atoms with Crippen LogP contribution < -0.4 is 5.43 Å². The zero-order valence-corrected chi connectivity index (χ0v) is 11.7. The van der Waals surface area contributed by atoms with E-state index in [1.165, 1.54) is 0 Å². The van der Waals surface area contributed by atoms with Gasteiger partial charge in [0.25, 0.3) is 0 Å². The van der Waals surface area contributed by atoms with E-state index < -0.39 is 15.1 Å². The fraction of sp³-hybridized carbons (Fsp3) is 0.636. The van der Waals surface area contributed by atoms with Gasteiger partial charge in [0.2, 0.25) is 0 Å². The summed E-state index contributed by atoms with van der Waals surface area (Å²) >= 11 is 0. The molecule has 0 aliphatic carbocycles. The number of nitrogens with zero attached hydrogens (tertiary/aromatic N) is 2. The first-order valence-corrected chi connectivity index (χ1v) is 7.18. The van der Waals surface area contributed by atoms with Gasteiger partial charge in [-0.3, -0.25) is 5.01 Å². The van der Waals surface area contributed by atoms with Gasteiger partial charge in [0, 0.05) is 18.9 Å². The van der Waals surface area contributed by atoms with Crippen LogP contribution in [-0.2, 0) is 9.84 Å². The van der Waals surface area contributed by atoms with Crippen LogP contribution in [0, 0.1) is 0 Å². The van der Waals surface area contributed by atoms with E-state index in [1.807, 2.05) is 19.0 Å². The first kappa shape index (κ1) is 14.1. The third kappa shape index (κ3) is 3.74. The van der Waals surface area contributed by atoms with E-state index in [1.54, 1.807) is 37.3 Å². The smallest absolute Gasteiger partial charge is 0.182 e. The average molecular weight is 259 g/mol. The van der Waals surface area contributed by atoms with E-state index in [0.717, 1.165) is 13.1 Å². The number of hydrogen-bond donors (Lipinski definition) is 1. The predicted molar refractivity (Wildman–Crippen MR) is 69.7 cm³/mol. The Hall–Kier alpha value is -1.01. The molecule has 1 aliphatic rings. The molecule has 0 aromatic rings. The van der Waals surface area contributed by atoms with Gasteiger partial charge in [0.15, 0.2) is 9.84 Å². The molecule has 6 heteroatoms. The molecular weight excluding hydrogens is 238 g/mol. The molecule has 0 atom stereocenters. The number of hydrazine groups is 1. The van der Waals surface area contributed by atoms with Crippen molar-refractivity contribution in [3.8, 4) is 0 Å². The van der Waals surface area contributed by atoms with Crippen molar-refractivity contribution < 1.29 is 8.42 Å². The van der Waals surface area contributed by atoms with Crippen LogP contribution in [0.3, 0.4) is 0 Å². The molecule has 17 heavy (non-hydrogen) atoms. The quantitative estimate of drug-likeness (QED) is 0.781. The molecule has 0 bridgehead atoms. The van der Waals surface area contributed by atoms with Crippen molar-refractivity contribution in [1.82, 2.24) is 15.3 Å². The van der Waals surface area contributed by atoms with Crippen LogP contribution in [0.4, 0.5) is 0 Å². The molecule has 0 unspecified atom stereocenters. The van der Waals surface area contributed by atoms with Crippen molar-refractivity contribution in [2.24, 2.45) is 0 Å². The number of nitrogens with one attached hydrogen (secondary N) is 1. The van der Waals surface area contributed by atoms with Crippen LogP contribution >= 0.6 is 0 Å². The van der Waals surface area contributed by atoms with Crippen LogP contribution in [0.1, 0.15) is 13.8 Å². The summed E-state index contributed by atoms with van der Waals surface area (Å²) in [6.45, 7) is 4.97. The topological polar surface area (TPSA) is 52.7 Å². The average Bonchev–Trinajstić information content (AvgIpc) is 2.26. The van der Waals surface area contributed by atoms with Crippen molar-refractivity contribution in [1.29, 1.82) is 0 Å². The first-order chi connectivity index (χ1) is 7.84. The highest BCUT2D eigenvalue weighted by molar-refractivity contribution is 7.96. The lowest BCUT2D eigenvalue weighted by Gasteiger charge is -2.26. The van der Waals surface area contributed by atoms with Crippen LogP contribution in [0.25, 0.3) is 0 Å². The maximum absolute atomic E-state index is 12.0. The second kappa shape index (κ2) is 5.55. The Kier molecular flexibility index (Phi) is 4.59. The lowest BCUT2D eigenvalue weighted by molar-refractivity contribution is 0.266. The van der Waals surface area contributed by atoms with Gasteiger partial charge in [0.05, 0.1) is 16.7 Å². The van der Waals surface area contributed by atoms with E-state index >= 15 is 0 Å². The van der Waals surface area contributed by atoms with Crippen molar-refractivity contribution in [2.75, 3.05) is 27.2 Å². The molecule has 1 heterocycles. The van der Waals surface area contributed by atoms with Crippen LogP contribution in [0.5, 0.6) is 0 Å². The van der Waals surface area contributed by atoms with Crippen LogP contribution in [0.15, 0.2) is 23.4 Å². The summed E-state index contributed by atoms with van der Waals surface area (Å²) in [6, 6.07) is 0. The van der Waals surface area contributed by atoms with Crippen LogP contribution in [0.2, 0.25) is 0 Å². The highest BCUT2D eigenvalue weighted by Crippen LogP contribution is 2.17. The van der Waals surface area contributed by atoms with E-state index in [4.69, 9.17) is 0 Å². The number of sulfone groups is 1. The van der Waals surface area contributed by atoms with Crippen molar-refractivity contribution >= 4 is 9.84 Å². The predicted octanol–water partition coefficient (Wildman–Crippen LogP) is 0.547. The number of rotatable bonds is 5. The summed E-state index contributed by atoms with van der Waals surface area (Å²) in [4.78, 5) is 2.41.